The van der Waals surface area contributed by atoms with Crippen molar-refractivity contribution in [2.24, 2.45) is 0 Å². The minimum atomic E-state index is -0.325. The molecule has 0 N–H and O–H groups in total. The Hall–Kier alpha value is -3.42. The molecule has 190 valence electrons. The summed E-state index contributed by atoms with van der Waals surface area (Å²) in [5.41, 5.74) is 4.82. The molecule has 0 bridgehead atoms. The summed E-state index contributed by atoms with van der Waals surface area (Å²) in [6.45, 7) is 7.32. The highest BCUT2D eigenvalue weighted by molar-refractivity contribution is 5.95. The first kappa shape index (κ1) is 24.3. The Morgan fingerprint density at radius 3 is 2.31 bits per heavy atom. The first-order chi connectivity index (χ1) is 17.5. The standard InChI is InChI=1S/C28H34N4O4/c1-3-36-28(35)32-16-14-31(15-17-32)26(33)23-9-8-19(2)29-25(23)20-10-12-30(13-11-20)27(34)24-18-21-6-4-5-7-22(21)24/h4-9,20,24H,3,10-18H2,1-2H3. The van der Waals surface area contributed by atoms with Gasteiger partial charge in [0.05, 0.1) is 23.8 Å². The maximum absolute atomic E-state index is 13.5. The van der Waals surface area contributed by atoms with E-state index in [1.807, 2.05) is 36.1 Å². The number of fused-ring (bicyclic) bond motifs is 1. The molecule has 3 aliphatic rings. The normalized spacial score (nSPS) is 19.9. The van der Waals surface area contributed by atoms with Gasteiger partial charge < -0.3 is 19.4 Å². The predicted molar refractivity (Wildman–Crippen MR) is 135 cm³/mol. The Kier molecular flexibility index (Phi) is 6.94. The van der Waals surface area contributed by atoms with Gasteiger partial charge in [0.25, 0.3) is 5.91 Å². The lowest BCUT2D eigenvalue weighted by atomic mass is 9.76. The topological polar surface area (TPSA) is 83.1 Å². The van der Waals surface area contributed by atoms with Crippen LogP contribution in [0.2, 0.25) is 0 Å². The molecule has 0 radical (unpaired) electrons. The lowest BCUT2D eigenvalue weighted by Gasteiger charge is -2.38. The van der Waals surface area contributed by atoms with Crippen molar-refractivity contribution in [2.75, 3.05) is 45.9 Å². The van der Waals surface area contributed by atoms with Crippen molar-refractivity contribution in [1.82, 2.24) is 19.7 Å². The third kappa shape index (κ3) is 4.68. The second-order valence-electron chi connectivity index (χ2n) is 9.92. The van der Waals surface area contributed by atoms with E-state index < -0.39 is 0 Å². The number of nitrogens with zero attached hydrogens (tertiary/aromatic N) is 4. The van der Waals surface area contributed by atoms with Crippen LogP contribution in [0.5, 0.6) is 0 Å². The van der Waals surface area contributed by atoms with Crippen LogP contribution in [0.3, 0.4) is 0 Å². The summed E-state index contributed by atoms with van der Waals surface area (Å²) in [5.74, 6) is 0.313. The third-order valence-corrected chi connectivity index (χ3v) is 7.73. The van der Waals surface area contributed by atoms with Crippen molar-refractivity contribution in [2.45, 2.75) is 44.9 Å². The van der Waals surface area contributed by atoms with Crippen molar-refractivity contribution in [3.8, 4) is 0 Å². The van der Waals surface area contributed by atoms with Gasteiger partial charge >= 0.3 is 6.09 Å². The first-order valence-electron chi connectivity index (χ1n) is 13.0. The van der Waals surface area contributed by atoms with Crippen molar-refractivity contribution in [3.63, 3.8) is 0 Å². The molecular formula is C28H34N4O4. The van der Waals surface area contributed by atoms with Crippen LogP contribution in [0, 0.1) is 6.92 Å². The molecule has 1 aromatic heterocycles. The van der Waals surface area contributed by atoms with Crippen molar-refractivity contribution in [1.29, 1.82) is 0 Å². The number of hydrogen-bond donors (Lipinski definition) is 0. The number of amides is 3. The molecule has 1 aliphatic carbocycles. The summed E-state index contributed by atoms with van der Waals surface area (Å²) in [6.07, 6.45) is 2.10. The maximum Gasteiger partial charge on any atom is 0.409 e. The van der Waals surface area contributed by atoms with Gasteiger partial charge in [-0.05, 0) is 56.4 Å². The number of ether oxygens (including phenoxy) is 1. The number of piperazine rings is 1. The quantitative estimate of drug-likeness (QED) is 0.657. The Morgan fingerprint density at radius 2 is 1.61 bits per heavy atom. The summed E-state index contributed by atoms with van der Waals surface area (Å²) in [6, 6.07) is 12.0. The van der Waals surface area contributed by atoms with E-state index in [4.69, 9.17) is 9.72 Å². The number of carbonyl (C=O) groups is 3. The molecule has 5 rings (SSSR count). The zero-order valence-electron chi connectivity index (χ0n) is 21.1. The molecule has 8 nitrogen and oxygen atoms in total. The van der Waals surface area contributed by atoms with E-state index in [2.05, 4.69) is 12.1 Å². The van der Waals surface area contributed by atoms with Gasteiger partial charge in [-0.25, -0.2) is 4.79 Å². The van der Waals surface area contributed by atoms with Crippen LogP contribution in [-0.4, -0.2) is 83.5 Å². The number of carbonyl (C=O) groups excluding carboxylic acids is 3. The fourth-order valence-corrected chi connectivity index (χ4v) is 5.62. The number of hydrogen-bond acceptors (Lipinski definition) is 5. The fourth-order valence-electron chi connectivity index (χ4n) is 5.62. The lowest BCUT2D eigenvalue weighted by molar-refractivity contribution is -0.134. The van der Waals surface area contributed by atoms with E-state index in [-0.39, 0.29) is 29.7 Å². The van der Waals surface area contributed by atoms with Gasteiger partial charge in [-0.1, -0.05) is 24.3 Å². The van der Waals surface area contributed by atoms with Gasteiger partial charge in [-0.2, -0.15) is 0 Å². The lowest BCUT2D eigenvalue weighted by Crippen LogP contribution is -2.51. The average Bonchev–Trinajstić information content (AvgIpc) is 2.89. The third-order valence-electron chi connectivity index (χ3n) is 7.73. The fraction of sp³-hybridized carbons (Fsp3) is 0.500. The smallest absolute Gasteiger partial charge is 0.409 e. The second-order valence-corrected chi connectivity index (χ2v) is 9.92. The molecule has 2 aromatic rings. The molecule has 2 saturated heterocycles. The highest BCUT2D eigenvalue weighted by atomic mass is 16.6. The summed E-state index contributed by atoms with van der Waals surface area (Å²) in [7, 11) is 0. The van der Waals surface area contributed by atoms with Gasteiger partial charge in [-0.15, -0.1) is 0 Å². The molecule has 36 heavy (non-hydrogen) atoms. The van der Waals surface area contributed by atoms with Crippen molar-refractivity contribution < 1.29 is 19.1 Å². The van der Waals surface area contributed by atoms with E-state index in [0.29, 0.717) is 51.4 Å². The first-order valence-corrected chi connectivity index (χ1v) is 13.0. The Labute approximate surface area is 212 Å². The number of aryl methyl sites for hydroxylation is 1. The zero-order chi connectivity index (χ0) is 25.2. The van der Waals surface area contributed by atoms with Gasteiger partial charge in [0, 0.05) is 50.9 Å². The average molecular weight is 491 g/mol. The summed E-state index contributed by atoms with van der Waals surface area (Å²) < 4.78 is 5.09. The van der Waals surface area contributed by atoms with Crippen molar-refractivity contribution in [3.05, 3.63) is 64.5 Å². The number of aromatic nitrogens is 1. The van der Waals surface area contributed by atoms with E-state index in [0.717, 1.165) is 30.7 Å². The number of benzene rings is 1. The van der Waals surface area contributed by atoms with E-state index >= 15 is 0 Å². The Bertz CT molecular complexity index is 1150. The Morgan fingerprint density at radius 1 is 0.917 bits per heavy atom. The molecule has 8 heteroatoms. The van der Waals surface area contributed by atoms with Crippen LogP contribution in [-0.2, 0) is 16.0 Å². The van der Waals surface area contributed by atoms with Crippen LogP contribution in [0.4, 0.5) is 4.79 Å². The van der Waals surface area contributed by atoms with E-state index in [1.165, 1.54) is 11.1 Å². The monoisotopic (exact) mass is 490 g/mol. The summed E-state index contributed by atoms with van der Waals surface area (Å²) >= 11 is 0. The molecule has 1 aromatic carbocycles. The van der Waals surface area contributed by atoms with E-state index in [9.17, 15) is 14.4 Å². The number of pyridine rings is 1. The predicted octanol–water partition coefficient (Wildman–Crippen LogP) is 3.35. The van der Waals surface area contributed by atoms with Gasteiger partial charge in [0.15, 0.2) is 0 Å². The van der Waals surface area contributed by atoms with Gasteiger partial charge in [0.1, 0.15) is 0 Å². The van der Waals surface area contributed by atoms with Crippen molar-refractivity contribution >= 4 is 17.9 Å². The SMILES string of the molecule is CCOC(=O)N1CCN(C(=O)c2ccc(C)nc2C2CCN(C(=O)C3Cc4ccccc43)CC2)CC1. The molecule has 0 saturated carbocycles. The zero-order valence-corrected chi connectivity index (χ0v) is 21.1. The molecule has 3 heterocycles. The van der Waals surface area contributed by atoms with E-state index in [1.54, 1.807) is 16.7 Å². The Balaban J connectivity index is 1.23. The summed E-state index contributed by atoms with van der Waals surface area (Å²) in [5, 5.41) is 0. The van der Waals surface area contributed by atoms with Crippen LogP contribution in [0.1, 0.15) is 64.5 Å². The number of piperidine rings is 1. The van der Waals surface area contributed by atoms with Gasteiger partial charge in [0.2, 0.25) is 5.91 Å². The maximum atomic E-state index is 13.5. The highest BCUT2D eigenvalue weighted by Crippen LogP contribution is 2.38. The second kappa shape index (κ2) is 10.3. The van der Waals surface area contributed by atoms with Crippen LogP contribution < -0.4 is 0 Å². The number of rotatable bonds is 4. The van der Waals surface area contributed by atoms with Crippen LogP contribution in [0.15, 0.2) is 36.4 Å². The molecule has 2 aliphatic heterocycles. The largest absolute Gasteiger partial charge is 0.450 e. The molecule has 0 spiro atoms. The van der Waals surface area contributed by atoms with Crippen LogP contribution >= 0.6 is 0 Å². The molecule has 2 fully saturated rings. The molecule has 1 unspecified atom stereocenters. The minimum Gasteiger partial charge on any atom is -0.450 e. The van der Waals surface area contributed by atoms with Crippen LogP contribution in [0.25, 0.3) is 0 Å². The molecule has 3 amide bonds. The van der Waals surface area contributed by atoms with Gasteiger partial charge in [-0.3, -0.25) is 14.6 Å². The highest BCUT2D eigenvalue weighted by Gasteiger charge is 2.37. The minimum absolute atomic E-state index is 0.0136. The number of likely N-dealkylation sites (tertiary alicyclic amines) is 1. The molecule has 1 atom stereocenters. The molecular weight excluding hydrogens is 456 g/mol. The summed E-state index contributed by atoms with van der Waals surface area (Å²) in [4.78, 5) is 48.9.